The Morgan fingerprint density at radius 1 is 0.943 bits per heavy atom. The number of nitrogens with zero attached hydrogens (tertiary/aromatic N) is 4. The van der Waals surface area contributed by atoms with E-state index in [2.05, 4.69) is 36.8 Å². The number of fused-ring (bicyclic) bond motifs is 6. The van der Waals surface area contributed by atoms with Crippen molar-refractivity contribution in [2.75, 3.05) is 38.1 Å². The summed E-state index contributed by atoms with van der Waals surface area (Å²) in [7, 11) is 2.09. The fourth-order valence-electron chi connectivity index (χ4n) is 4.80. The van der Waals surface area contributed by atoms with E-state index in [0.717, 1.165) is 43.1 Å². The highest BCUT2D eigenvalue weighted by Gasteiger charge is 2.35. The van der Waals surface area contributed by atoms with Gasteiger partial charge < -0.3 is 19.8 Å². The van der Waals surface area contributed by atoms with Gasteiger partial charge in [-0.3, -0.25) is 4.79 Å². The first kappa shape index (κ1) is 21.6. The van der Waals surface area contributed by atoms with Gasteiger partial charge >= 0.3 is 6.18 Å². The largest absolute Gasteiger partial charge is 0.449 e. The molecular formula is C25H21F3N6O. The van der Waals surface area contributed by atoms with E-state index in [9.17, 15) is 18.0 Å². The smallest absolute Gasteiger partial charge is 0.354 e. The Labute approximate surface area is 197 Å². The third-order valence-electron chi connectivity index (χ3n) is 6.65. The third-order valence-corrected chi connectivity index (χ3v) is 6.65. The molecule has 4 heterocycles. The summed E-state index contributed by atoms with van der Waals surface area (Å²) in [5, 5.41) is 1.74. The average Bonchev–Trinajstić information content (AvgIpc) is 3.31. The Bertz CT molecular complexity index is 1650. The molecule has 1 fully saturated rings. The number of alkyl halides is 3. The molecule has 178 valence electrons. The number of nitrogens with one attached hydrogen (secondary N) is 2. The summed E-state index contributed by atoms with van der Waals surface area (Å²) >= 11 is 0. The van der Waals surface area contributed by atoms with Crippen LogP contribution in [0.15, 0.2) is 53.6 Å². The van der Waals surface area contributed by atoms with Crippen LogP contribution in [-0.4, -0.2) is 58.1 Å². The molecule has 0 unspecified atom stereocenters. The van der Waals surface area contributed by atoms with Gasteiger partial charge in [0.15, 0.2) is 0 Å². The van der Waals surface area contributed by atoms with Gasteiger partial charge in [0.1, 0.15) is 5.82 Å². The molecule has 1 saturated heterocycles. The zero-order valence-corrected chi connectivity index (χ0v) is 18.8. The first-order valence-corrected chi connectivity index (χ1v) is 11.2. The lowest BCUT2D eigenvalue weighted by Gasteiger charge is -2.33. The molecule has 1 aliphatic rings. The van der Waals surface area contributed by atoms with Crippen LogP contribution in [0.2, 0.25) is 0 Å². The Balaban J connectivity index is 1.56. The van der Waals surface area contributed by atoms with Gasteiger partial charge in [-0.25, -0.2) is 9.97 Å². The van der Waals surface area contributed by atoms with Crippen LogP contribution in [0.3, 0.4) is 0 Å². The summed E-state index contributed by atoms with van der Waals surface area (Å²) < 4.78 is 40.3. The normalized spacial score (nSPS) is 15.5. The van der Waals surface area contributed by atoms with E-state index in [1.165, 1.54) is 6.20 Å². The number of likely N-dealkylation sites (N-methyl/N-ethyl adjacent to an activating group) is 1. The van der Waals surface area contributed by atoms with Gasteiger partial charge in [0.2, 0.25) is 5.82 Å². The molecule has 0 amide bonds. The summed E-state index contributed by atoms with van der Waals surface area (Å²) in [4.78, 5) is 30.8. The van der Waals surface area contributed by atoms with E-state index in [0.29, 0.717) is 21.5 Å². The molecule has 10 heteroatoms. The average molecular weight is 478 g/mol. The number of imidazole rings is 1. The van der Waals surface area contributed by atoms with Crippen molar-refractivity contribution < 1.29 is 13.2 Å². The number of H-pyrrole nitrogens is 2. The first-order valence-electron chi connectivity index (χ1n) is 11.2. The summed E-state index contributed by atoms with van der Waals surface area (Å²) in [6, 6.07) is 10.9. The predicted octanol–water partition coefficient (Wildman–Crippen LogP) is 4.39. The van der Waals surface area contributed by atoms with Gasteiger partial charge in [-0.15, -0.1) is 0 Å². The molecule has 0 bridgehead atoms. The lowest BCUT2D eigenvalue weighted by molar-refractivity contribution is -0.144. The van der Waals surface area contributed by atoms with E-state index in [1.54, 1.807) is 18.3 Å². The Morgan fingerprint density at radius 3 is 2.49 bits per heavy atom. The maximum atomic E-state index is 13.4. The molecule has 0 saturated carbocycles. The summed E-state index contributed by atoms with van der Waals surface area (Å²) in [5.41, 5.74) is 1.76. The van der Waals surface area contributed by atoms with Crippen molar-refractivity contribution in [1.82, 2.24) is 24.8 Å². The van der Waals surface area contributed by atoms with Crippen LogP contribution in [0, 0.1) is 0 Å². The molecule has 2 aromatic carbocycles. The molecule has 0 aliphatic carbocycles. The van der Waals surface area contributed by atoms with Gasteiger partial charge in [-0.05, 0) is 47.8 Å². The highest BCUT2D eigenvalue weighted by molar-refractivity contribution is 6.23. The maximum absolute atomic E-state index is 13.4. The van der Waals surface area contributed by atoms with Gasteiger partial charge in [0.25, 0.3) is 5.56 Å². The standard InChI is InChI=1S/C25H21F3N6O/c1-33-8-10-34(11-9-33)19-13-15(4-6-29-19)14-2-3-16-18(12-14)20-17(5-7-30-23(20)35)22-21(16)31-24(32-22)25(26,27)28/h2-7,12-13H,8-11H2,1H3,(H,30,35)(H,31,32). The Hall–Kier alpha value is -3.92. The minimum absolute atomic E-state index is 0.125. The fraction of sp³-hybridized carbons (Fsp3) is 0.240. The molecule has 6 rings (SSSR count). The van der Waals surface area contributed by atoms with Crippen LogP contribution in [0.4, 0.5) is 19.0 Å². The molecule has 5 aromatic rings. The molecular weight excluding hydrogens is 457 g/mol. The molecule has 7 nitrogen and oxygen atoms in total. The highest BCUT2D eigenvalue weighted by Crippen LogP contribution is 2.37. The number of aromatic amines is 2. The number of halogens is 3. The second-order valence-corrected chi connectivity index (χ2v) is 8.86. The number of benzene rings is 2. The molecule has 0 atom stereocenters. The highest BCUT2D eigenvalue weighted by atomic mass is 19.4. The first-order chi connectivity index (χ1) is 16.8. The maximum Gasteiger partial charge on any atom is 0.449 e. The van der Waals surface area contributed by atoms with Crippen LogP contribution in [-0.2, 0) is 6.18 Å². The van der Waals surface area contributed by atoms with Gasteiger partial charge in [-0.1, -0.05) is 12.1 Å². The lowest BCUT2D eigenvalue weighted by Crippen LogP contribution is -2.44. The molecule has 0 radical (unpaired) electrons. The number of hydrogen-bond acceptors (Lipinski definition) is 5. The fourth-order valence-corrected chi connectivity index (χ4v) is 4.80. The minimum Gasteiger partial charge on any atom is -0.354 e. The number of aromatic nitrogens is 4. The van der Waals surface area contributed by atoms with Crippen molar-refractivity contribution in [3.05, 3.63) is 65.0 Å². The number of pyridine rings is 2. The number of piperazine rings is 1. The molecule has 1 aliphatic heterocycles. The second kappa shape index (κ2) is 7.81. The zero-order valence-electron chi connectivity index (χ0n) is 18.8. The predicted molar refractivity (Wildman–Crippen MR) is 130 cm³/mol. The molecule has 35 heavy (non-hydrogen) atoms. The van der Waals surface area contributed by atoms with Gasteiger partial charge in [0.05, 0.1) is 16.4 Å². The van der Waals surface area contributed by atoms with Crippen molar-refractivity contribution in [3.8, 4) is 11.1 Å². The van der Waals surface area contributed by atoms with Crippen LogP contribution in [0.1, 0.15) is 5.82 Å². The Morgan fingerprint density at radius 2 is 1.71 bits per heavy atom. The summed E-state index contributed by atoms with van der Waals surface area (Å²) in [5.74, 6) is -0.214. The van der Waals surface area contributed by atoms with E-state index in [1.807, 2.05) is 24.3 Å². The SMILES string of the molecule is CN1CCN(c2cc(-c3ccc4c(c3)c3c(=O)[nH]ccc3c3nc(C(F)(F)F)[nH]c43)ccn2)CC1. The number of hydrogen-bond donors (Lipinski definition) is 2. The molecule has 3 aromatic heterocycles. The van der Waals surface area contributed by atoms with Gasteiger partial charge in [0, 0.05) is 49.3 Å². The van der Waals surface area contributed by atoms with Gasteiger partial charge in [-0.2, -0.15) is 13.2 Å². The monoisotopic (exact) mass is 478 g/mol. The van der Waals surface area contributed by atoms with Crippen molar-refractivity contribution >= 4 is 38.4 Å². The molecule has 2 N–H and O–H groups in total. The van der Waals surface area contributed by atoms with Crippen LogP contribution < -0.4 is 10.5 Å². The quantitative estimate of drug-likeness (QED) is 0.368. The minimum atomic E-state index is -4.63. The van der Waals surface area contributed by atoms with Crippen molar-refractivity contribution in [3.63, 3.8) is 0 Å². The van der Waals surface area contributed by atoms with Crippen LogP contribution >= 0.6 is 0 Å². The zero-order chi connectivity index (χ0) is 24.3. The third kappa shape index (κ3) is 3.61. The summed E-state index contributed by atoms with van der Waals surface area (Å²) in [6.45, 7) is 3.67. The van der Waals surface area contributed by atoms with Crippen molar-refractivity contribution in [2.45, 2.75) is 6.18 Å². The molecule has 0 spiro atoms. The summed E-state index contributed by atoms with van der Waals surface area (Å²) in [6.07, 6.45) is -1.45. The number of anilines is 1. The Kier molecular flexibility index (Phi) is 4.82. The van der Waals surface area contributed by atoms with Crippen molar-refractivity contribution in [1.29, 1.82) is 0 Å². The van der Waals surface area contributed by atoms with Crippen molar-refractivity contribution in [2.24, 2.45) is 0 Å². The van der Waals surface area contributed by atoms with E-state index >= 15 is 0 Å². The lowest BCUT2D eigenvalue weighted by atomic mass is 9.97. The van der Waals surface area contributed by atoms with E-state index in [4.69, 9.17) is 0 Å². The van der Waals surface area contributed by atoms with E-state index in [-0.39, 0.29) is 16.6 Å². The van der Waals surface area contributed by atoms with Crippen LogP contribution in [0.5, 0.6) is 0 Å². The topological polar surface area (TPSA) is 80.9 Å². The number of rotatable bonds is 2. The van der Waals surface area contributed by atoms with E-state index < -0.39 is 12.0 Å². The second-order valence-electron chi connectivity index (χ2n) is 8.86. The van der Waals surface area contributed by atoms with Crippen LogP contribution in [0.25, 0.3) is 43.7 Å².